The van der Waals surface area contributed by atoms with Crippen LogP contribution in [0.25, 0.3) is 0 Å². The van der Waals surface area contributed by atoms with Gasteiger partial charge in [0.25, 0.3) is 0 Å². The first-order valence-electron chi connectivity index (χ1n) is 7.81. The maximum Gasteiger partial charge on any atom is 0.0510 e. The molecule has 2 rings (SSSR count). The molecule has 1 aliphatic heterocycles. The highest BCUT2D eigenvalue weighted by atomic mass is 32.1. The third-order valence-electron chi connectivity index (χ3n) is 4.51. The highest BCUT2D eigenvalue weighted by Crippen LogP contribution is 2.33. The van der Waals surface area contributed by atoms with Crippen molar-refractivity contribution in [1.29, 1.82) is 0 Å². The van der Waals surface area contributed by atoms with Crippen LogP contribution >= 0.6 is 11.3 Å². The third kappa shape index (κ3) is 3.59. The zero-order valence-corrected chi connectivity index (χ0v) is 13.2. The van der Waals surface area contributed by atoms with E-state index in [1.54, 1.807) is 11.3 Å². The predicted octanol–water partition coefficient (Wildman–Crippen LogP) is 4.18. The van der Waals surface area contributed by atoms with Crippen molar-refractivity contribution in [3.8, 4) is 0 Å². The number of hydrogen-bond donors (Lipinski definition) is 1. The number of likely N-dealkylation sites (tertiary alicyclic amines) is 1. The Labute approximate surface area is 122 Å². The summed E-state index contributed by atoms with van der Waals surface area (Å²) in [6.45, 7) is 5.75. The van der Waals surface area contributed by atoms with Gasteiger partial charge in [-0.1, -0.05) is 26.7 Å². The maximum atomic E-state index is 6.47. The van der Waals surface area contributed by atoms with Gasteiger partial charge in [-0.2, -0.15) is 11.3 Å². The Hall–Kier alpha value is -0.380. The van der Waals surface area contributed by atoms with Crippen LogP contribution in [0.2, 0.25) is 0 Å². The zero-order chi connectivity index (χ0) is 13.7. The zero-order valence-electron chi connectivity index (χ0n) is 12.3. The van der Waals surface area contributed by atoms with Gasteiger partial charge < -0.3 is 5.73 Å². The molecule has 19 heavy (non-hydrogen) atoms. The Morgan fingerprint density at radius 1 is 1.37 bits per heavy atom. The van der Waals surface area contributed by atoms with Crippen LogP contribution in [0.15, 0.2) is 16.8 Å². The van der Waals surface area contributed by atoms with Crippen molar-refractivity contribution in [1.82, 2.24) is 4.90 Å². The van der Waals surface area contributed by atoms with E-state index < -0.39 is 0 Å². The van der Waals surface area contributed by atoms with Gasteiger partial charge in [-0.15, -0.1) is 0 Å². The van der Waals surface area contributed by atoms with Crippen LogP contribution in [-0.2, 0) is 0 Å². The average Bonchev–Trinajstić information content (AvgIpc) is 2.85. The molecule has 1 aromatic rings. The summed E-state index contributed by atoms with van der Waals surface area (Å²) in [4.78, 5) is 2.71. The first-order valence-corrected chi connectivity index (χ1v) is 8.75. The van der Waals surface area contributed by atoms with Crippen molar-refractivity contribution in [2.24, 2.45) is 5.73 Å². The summed E-state index contributed by atoms with van der Waals surface area (Å²) < 4.78 is 0. The van der Waals surface area contributed by atoms with Crippen molar-refractivity contribution in [2.75, 3.05) is 6.54 Å². The molecule has 1 aromatic heterocycles. The van der Waals surface area contributed by atoms with Gasteiger partial charge in [-0.05, 0) is 54.6 Å². The average molecular weight is 280 g/mol. The molecule has 2 heterocycles. The second-order valence-electron chi connectivity index (χ2n) is 5.72. The van der Waals surface area contributed by atoms with Gasteiger partial charge in [-0.25, -0.2) is 0 Å². The fourth-order valence-electron chi connectivity index (χ4n) is 3.36. The van der Waals surface area contributed by atoms with Gasteiger partial charge in [0.05, 0.1) is 6.04 Å². The lowest BCUT2D eigenvalue weighted by Crippen LogP contribution is -2.45. The molecule has 2 nitrogen and oxygen atoms in total. The first kappa shape index (κ1) is 15.0. The van der Waals surface area contributed by atoms with Crippen LogP contribution in [0.3, 0.4) is 0 Å². The van der Waals surface area contributed by atoms with E-state index in [2.05, 4.69) is 35.6 Å². The van der Waals surface area contributed by atoms with Gasteiger partial charge in [-0.3, -0.25) is 4.90 Å². The van der Waals surface area contributed by atoms with Crippen molar-refractivity contribution in [2.45, 2.75) is 70.5 Å². The summed E-state index contributed by atoms with van der Waals surface area (Å²) in [6, 6.07) is 3.65. The van der Waals surface area contributed by atoms with Crippen molar-refractivity contribution in [3.63, 3.8) is 0 Å². The molecule has 3 heteroatoms. The van der Waals surface area contributed by atoms with E-state index in [1.807, 2.05) is 0 Å². The molecule has 0 aliphatic carbocycles. The molecular formula is C16H28N2S. The smallest absolute Gasteiger partial charge is 0.0510 e. The molecule has 0 radical (unpaired) electrons. The highest BCUT2D eigenvalue weighted by molar-refractivity contribution is 7.07. The molecule has 1 fully saturated rings. The molecule has 0 amide bonds. The third-order valence-corrected chi connectivity index (χ3v) is 5.21. The summed E-state index contributed by atoms with van der Waals surface area (Å²) in [6.07, 6.45) is 7.73. The standard InChI is InChI=1S/C16H28N2S/c1-3-14-8-6-5-7-10-18(14)16(15(17)4-2)13-9-11-19-12-13/h9,11-12,14-16H,3-8,10,17H2,1-2H3. The number of thiophene rings is 1. The molecule has 1 aliphatic rings. The minimum absolute atomic E-state index is 0.252. The number of rotatable bonds is 5. The Morgan fingerprint density at radius 2 is 2.21 bits per heavy atom. The van der Waals surface area contributed by atoms with Crippen molar-refractivity contribution in [3.05, 3.63) is 22.4 Å². The van der Waals surface area contributed by atoms with Gasteiger partial charge >= 0.3 is 0 Å². The van der Waals surface area contributed by atoms with Gasteiger partial charge in [0.1, 0.15) is 0 Å². The summed E-state index contributed by atoms with van der Waals surface area (Å²) >= 11 is 1.79. The number of nitrogens with zero attached hydrogens (tertiary/aromatic N) is 1. The largest absolute Gasteiger partial charge is 0.326 e. The van der Waals surface area contributed by atoms with Crippen LogP contribution in [0.1, 0.15) is 64.0 Å². The second-order valence-corrected chi connectivity index (χ2v) is 6.50. The Kier molecular flexibility index (Phi) is 5.86. The molecule has 0 bridgehead atoms. The highest BCUT2D eigenvalue weighted by Gasteiger charge is 2.31. The number of hydrogen-bond acceptors (Lipinski definition) is 3. The minimum atomic E-state index is 0.252. The number of nitrogens with two attached hydrogens (primary N) is 1. The van der Waals surface area contributed by atoms with Gasteiger partial charge in [0.15, 0.2) is 0 Å². The van der Waals surface area contributed by atoms with Crippen LogP contribution < -0.4 is 5.73 Å². The lowest BCUT2D eigenvalue weighted by Gasteiger charge is -2.39. The van der Waals surface area contributed by atoms with E-state index >= 15 is 0 Å². The summed E-state index contributed by atoms with van der Waals surface area (Å²) in [5, 5.41) is 4.47. The van der Waals surface area contributed by atoms with E-state index in [-0.39, 0.29) is 6.04 Å². The van der Waals surface area contributed by atoms with Crippen LogP contribution in [-0.4, -0.2) is 23.5 Å². The fraction of sp³-hybridized carbons (Fsp3) is 0.750. The molecule has 0 aromatic carbocycles. The van der Waals surface area contributed by atoms with Crippen LogP contribution in [0.4, 0.5) is 0 Å². The lowest BCUT2D eigenvalue weighted by molar-refractivity contribution is 0.112. The van der Waals surface area contributed by atoms with E-state index in [1.165, 1.54) is 44.2 Å². The SMILES string of the molecule is CCC(N)C(c1ccsc1)N1CCCCCC1CC. The van der Waals surface area contributed by atoms with E-state index in [0.29, 0.717) is 12.1 Å². The lowest BCUT2D eigenvalue weighted by atomic mass is 9.95. The van der Waals surface area contributed by atoms with E-state index in [4.69, 9.17) is 5.73 Å². The molecule has 108 valence electrons. The molecule has 0 saturated carbocycles. The predicted molar refractivity (Wildman–Crippen MR) is 84.6 cm³/mol. The molecule has 2 N–H and O–H groups in total. The monoisotopic (exact) mass is 280 g/mol. The van der Waals surface area contributed by atoms with Gasteiger partial charge in [0.2, 0.25) is 0 Å². The topological polar surface area (TPSA) is 29.3 Å². The molecular weight excluding hydrogens is 252 g/mol. The molecule has 1 saturated heterocycles. The molecule has 3 atom stereocenters. The Balaban J connectivity index is 2.24. The Bertz CT molecular complexity index is 350. The Morgan fingerprint density at radius 3 is 2.84 bits per heavy atom. The van der Waals surface area contributed by atoms with Crippen LogP contribution in [0, 0.1) is 0 Å². The van der Waals surface area contributed by atoms with Crippen molar-refractivity contribution >= 4 is 11.3 Å². The van der Waals surface area contributed by atoms with E-state index in [9.17, 15) is 0 Å². The maximum absolute atomic E-state index is 6.47. The second kappa shape index (κ2) is 7.41. The fourth-order valence-corrected chi connectivity index (χ4v) is 4.04. The summed E-state index contributed by atoms with van der Waals surface area (Å²) in [5.74, 6) is 0. The van der Waals surface area contributed by atoms with Crippen LogP contribution in [0.5, 0.6) is 0 Å². The van der Waals surface area contributed by atoms with Gasteiger partial charge in [0, 0.05) is 12.1 Å². The van der Waals surface area contributed by atoms with E-state index in [0.717, 1.165) is 6.42 Å². The quantitative estimate of drug-likeness (QED) is 0.876. The summed E-state index contributed by atoms with van der Waals surface area (Å²) in [5.41, 5.74) is 7.90. The molecule has 3 unspecified atom stereocenters. The first-order chi connectivity index (χ1) is 9.27. The molecule has 0 spiro atoms. The minimum Gasteiger partial charge on any atom is -0.326 e. The normalized spacial score (nSPS) is 24.9. The summed E-state index contributed by atoms with van der Waals surface area (Å²) in [7, 11) is 0. The van der Waals surface area contributed by atoms with Crippen molar-refractivity contribution < 1.29 is 0 Å².